The van der Waals surface area contributed by atoms with E-state index in [1.54, 1.807) is 19.1 Å². The Morgan fingerprint density at radius 2 is 1.68 bits per heavy atom. The van der Waals surface area contributed by atoms with Crippen LogP contribution in [-0.2, 0) is 22.9 Å². The summed E-state index contributed by atoms with van der Waals surface area (Å²) in [7, 11) is 0. The summed E-state index contributed by atoms with van der Waals surface area (Å²) in [4.78, 5) is 27.4. The van der Waals surface area contributed by atoms with Crippen LogP contribution in [0.1, 0.15) is 57.7 Å². The first-order valence-corrected chi connectivity index (χ1v) is 13.5. The predicted molar refractivity (Wildman–Crippen MR) is 129 cm³/mol. The minimum atomic E-state index is -4.49. The first-order valence-electron chi connectivity index (χ1n) is 13.5. The third kappa shape index (κ3) is 2.21. The zero-order chi connectivity index (χ0) is 26.6. The number of rotatable bonds is 7. The number of nitrogens with zero attached hydrogens (tertiary/aromatic N) is 1. The van der Waals surface area contributed by atoms with Gasteiger partial charge in [-0.05, 0) is 89.9 Å². The van der Waals surface area contributed by atoms with Crippen molar-refractivity contribution in [2.24, 2.45) is 52.8 Å². The van der Waals surface area contributed by atoms with E-state index in [1.807, 2.05) is 38.8 Å². The minimum absolute atomic E-state index is 0.0132. The van der Waals surface area contributed by atoms with Crippen LogP contribution < -0.4 is 5.32 Å². The smallest absolute Gasteiger partial charge is 0.416 e. The number of carboxylic acid groups (broad SMARTS) is 1. The highest BCUT2D eigenvalue weighted by Gasteiger charge is 3.13. The Labute approximate surface area is 214 Å². The Kier molecular flexibility index (Phi) is 4.17. The molecule has 0 spiro atoms. The topological polar surface area (TPSA) is 69.6 Å². The molecule has 0 bridgehead atoms. The fraction of sp³-hybridized carbons (Fsp3) is 0.655. The number of nitrogens with one attached hydrogen (secondary N) is 1. The number of hydrogen-bond acceptors (Lipinski definition) is 2. The lowest BCUT2D eigenvalue weighted by Crippen LogP contribution is -3.16. The van der Waals surface area contributed by atoms with E-state index >= 15 is 0 Å². The molecule has 0 saturated heterocycles. The molecule has 7 aliphatic rings. The average molecular weight is 515 g/mol. The first kappa shape index (κ1) is 23.6. The molecule has 1 aromatic carbocycles. The van der Waals surface area contributed by atoms with Crippen molar-refractivity contribution in [2.75, 3.05) is 0 Å². The first-order chi connectivity index (χ1) is 17.2. The maximum atomic E-state index is 14.1. The normalized spacial score (nSPS) is 43.7. The number of urea groups is 1. The number of carbonyl (C=O) groups excluding carboxylic acids is 1. The van der Waals surface area contributed by atoms with Gasteiger partial charge < -0.3 is 10.4 Å². The van der Waals surface area contributed by atoms with E-state index in [0.29, 0.717) is 24.3 Å². The number of aliphatic carboxylic acids is 1. The van der Waals surface area contributed by atoms with Gasteiger partial charge in [0.25, 0.3) is 0 Å². The van der Waals surface area contributed by atoms with Crippen molar-refractivity contribution in [1.29, 1.82) is 0 Å². The summed E-state index contributed by atoms with van der Waals surface area (Å²) in [5, 5.41) is 12.9. The molecule has 6 aliphatic carbocycles. The van der Waals surface area contributed by atoms with E-state index in [-0.39, 0.29) is 58.6 Å². The molecule has 198 valence electrons. The second-order valence-corrected chi connectivity index (χ2v) is 13.2. The quantitative estimate of drug-likeness (QED) is 0.494. The van der Waals surface area contributed by atoms with E-state index in [0.717, 1.165) is 5.57 Å². The van der Waals surface area contributed by atoms with Gasteiger partial charge in [0.1, 0.15) is 0 Å². The molecule has 0 aromatic heterocycles. The van der Waals surface area contributed by atoms with Crippen LogP contribution in [-0.4, -0.2) is 27.5 Å². The van der Waals surface area contributed by atoms with Crippen molar-refractivity contribution in [3.63, 3.8) is 0 Å². The molecular formula is C29H33F3N2O3. The number of carboxylic acids is 1. The van der Waals surface area contributed by atoms with Crippen LogP contribution in [0.3, 0.4) is 0 Å². The fourth-order valence-corrected chi connectivity index (χ4v) is 10.1. The van der Waals surface area contributed by atoms with Gasteiger partial charge in [-0.25, -0.2) is 4.79 Å². The fourth-order valence-electron chi connectivity index (χ4n) is 10.1. The Morgan fingerprint density at radius 3 is 2.16 bits per heavy atom. The van der Waals surface area contributed by atoms with Crippen LogP contribution in [0.5, 0.6) is 0 Å². The van der Waals surface area contributed by atoms with Crippen molar-refractivity contribution in [3.8, 4) is 0 Å². The summed E-state index contributed by atoms with van der Waals surface area (Å²) in [6.45, 7) is 9.80. The predicted octanol–water partition coefficient (Wildman–Crippen LogP) is 5.65. The summed E-state index contributed by atoms with van der Waals surface area (Å²) >= 11 is 0. The number of aryl methyl sites for hydroxylation is 1. The third-order valence-corrected chi connectivity index (χ3v) is 11.4. The van der Waals surface area contributed by atoms with Gasteiger partial charge in [-0.1, -0.05) is 39.8 Å². The SMILES string of the molecule is CC(C)CCc1ccc([C@]2(C)NC(=O)N(C34C5C6C3C3C4C5C63C(=O)O)C=C2C(C)C)cc1C(F)(F)F. The molecule has 0 radical (unpaired) electrons. The number of halogens is 3. The van der Waals surface area contributed by atoms with E-state index in [9.17, 15) is 27.9 Å². The number of amides is 2. The van der Waals surface area contributed by atoms with E-state index in [4.69, 9.17) is 0 Å². The Balaban J connectivity index is 1.24. The van der Waals surface area contributed by atoms with Crippen molar-refractivity contribution >= 4 is 12.0 Å². The molecule has 1 aliphatic heterocycles. The van der Waals surface area contributed by atoms with Crippen LogP contribution in [0.2, 0.25) is 0 Å². The summed E-state index contributed by atoms with van der Waals surface area (Å²) in [5.74, 6) is 0.931. The van der Waals surface area contributed by atoms with Gasteiger partial charge in [0.15, 0.2) is 0 Å². The maximum absolute atomic E-state index is 14.1. The Morgan fingerprint density at radius 1 is 1.08 bits per heavy atom. The molecule has 0 unspecified atom stereocenters. The van der Waals surface area contributed by atoms with Crippen molar-refractivity contribution in [3.05, 3.63) is 46.7 Å². The molecule has 1 heterocycles. The van der Waals surface area contributed by atoms with Crippen molar-refractivity contribution in [1.82, 2.24) is 10.2 Å². The number of benzene rings is 1. The van der Waals surface area contributed by atoms with Gasteiger partial charge in [-0.3, -0.25) is 9.69 Å². The highest BCUT2D eigenvalue weighted by Crippen LogP contribution is 3.08. The van der Waals surface area contributed by atoms with Gasteiger partial charge in [-0.2, -0.15) is 13.2 Å². The molecule has 8 heteroatoms. The molecule has 1 atom stereocenters. The zero-order valence-corrected chi connectivity index (χ0v) is 21.7. The van der Waals surface area contributed by atoms with Crippen LogP contribution in [0.15, 0.2) is 30.0 Å². The van der Waals surface area contributed by atoms with Crippen LogP contribution in [0, 0.1) is 52.8 Å². The Bertz CT molecular complexity index is 1240. The molecule has 2 N–H and O–H groups in total. The molecule has 37 heavy (non-hydrogen) atoms. The highest BCUT2D eigenvalue weighted by molar-refractivity contribution is 5.90. The van der Waals surface area contributed by atoms with E-state index in [2.05, 4.69) is 5.32 Å². The number of hydrogen-bond donors (Lipinski definition) is 2. The van der Waals surface area contributed by atoms with Gasteiger partial charge in [0.2, 0.25) is 0 Å². The molecule has 6 fully saturated rings. The molecule has 1 aromatic rings. The van der Waals surface area contributed by atoms with Crippen molar-refractivity contribution < 1.29 is 27.9 Å². The molecule has 2 amide bonds. The molecule has 8 rings (SSSR count). The number of carbonyl (C=O) groups is 2. The maximum Gasteiger partial charge on any atom is 0.416 e. The zero-order valence-electron chi connectivity index (χ0n) is 21.7. The van der Waals surface area contributed by atoms with Gasteiger partial charge in [-0.15, -0.1) is 0 Å². The third-order valence-electron chi connectivity index (χ3n) is 11.4. The highest BCUT2D eigenvalue weighted by atomic mass is 19.4. The average Bonchev–Trinajstić information content (AvgIpc) is 2.81. The van der Waals surface area contributed by atoms with E-state index < -0.39 is 28.7 Å². The standard InChI is InChI=1S/C29H33F3N2O3/c1-12(2)6-7-14-8-9-15(10-16(14)29(30,31)32)26(5)17(13(3)4)11-34(25(37)33-26)28-21-18-22(28)20-23(28)19(21)27(18,20)24(35)36/h8-13,18-23H,6-7H2,1-5H3,(H,33,37)(H,35,36)/t18?,19?,20?,21?,22?,23?,26-,27?,28?/m0/s1. The lowest BCUT2D eigenvalue weighted by molar-refractivity contribution is -0.623. The van der Waals surface area contributed by atoms with Crippen LogP contribution in [0.4, 0.5) is 18.0 Å². The largest absolute Gasteiger partial charge is 0.481 e. The van der Waals surface area contributed by atoms with Gasteiger partial charge in [0, 0.05) is 6.20 Å². The van der Waals surface area contributed by atoms with Crippen LogP contribution >= 0.6 is 0 Å². The molecule has 6 saturated carbocycles. The molecular weight excluding hydrogens is 481 g/mol. The van der Waals surface area contributed by atoms with Crippen molar-refractivity contribution in [2.45, 2.75) is 64.7 Å². The summed E-state index contributed by atoms with van der Waals surface area (Å²) in [6.07, 6.45) is -1.57. The van der Waals surface area contributed by atoms with Gasteiger partial charge >= 0.3 is 18.2 Å². The second kappa shape index (κ2) is 6.55. The Hall–Kier alpha value is -2.51. The number of alkyl halides is 3. The van der Waals surface area contributed by atoms with Gasteiger partial charge in [0.05, 0.1) is 22.1 Å². The van der Waals surface area contributed by atoms with E-state index in [1.165, 1.54) is 6.07 Å². The summed E-state index contributed by atoms with van der Waals surface area (Å²) in [6, 6.07) is 4.25. The molecule has 5 nitrogen and oxygen atoms in total. The summed E-state index contributed by atoms with van der Waals surface area (Å²) in [5.41, 5.74) is -0.908. The monoisotopic (exact) mass is 514 g/mol. The summed E-state index contributed by atoms with van der Waals surface area (Å²) < 4.78 is 42.4. The minimum Gasteiger partial charge on any atom is -0.481 e. The van der Waals surface area contributed by atoms with Crippen LogP contribution in [0.25, 0.3) is 0 Å². The lowest BCUT2D eigenvalue weighted by Gasteiger charge is -3.10. The second-order valence-electron chi connectivity index (χ2n) is 13.2. The lowest BCUT2D eigenvalue weighted by atomic mass is 8.94.